The van der Waals surface area contributed by atoms with Crippen molar-refractivity contribution in [3.63, 3.8) is 0 Å². The molecule has 2 fully saturated rings. The zero-order valence-corrected chi connectivity index (χ0v) is 19.1. The van der Waals surface area contributed by atoms with Crippen LogP contribution in [0.2, 0.25) is 0 Å². The lowest BCUT2D eigenvalue weighted by molar-refractivity contribution is -0.136. The van der Waals surface area contributed by atoms with E-state index in [-0.39, 0.29) is 24.3 Å². The molecule has 2 aromatic heterocycles. The molecule has 3 aliphatic heterocycles. The number of pyridine rings is 2. The van der Waals surface area contributed by atoms with E-state index in [1.807, 2.05) is 24.3 Å². The lowest BCUT2D eigenvalue weighted by Gasteiger charge is -2.29. The van der Waals surface area contributed by atoms with Crippen LogP contribution in [0.4, 0.5) is 0 Å². The van der Waals surface area contributed by atoms with Crippen LogP contribution in [0.15, 0.2) is 48.8 Å². The number of hydrogen-bond donors (Lipinski definition) is 1. The summed E-state index contributed by atoms with van der Waals surface area (Å²) in [5.74, 6) is -0.132. The number of piperidine rings is 1. The van der Waals surface area contributed by atoms with Crippen molar-refractivity contribution in [2.24, 2.45) is 0 Å². The predicted molar refractivity (Wildman–Crippen MR) is 126 cm³/mol. The fourth-order valence-electron chi connectivity index (χ4n) is 5.27. The monoisotopic (exact) mass is 471 g/mol. The lowest BCUT2D eigenvalue weighted by atomic mass is 10.0. The third-order valence-electron chi connectivity index (χ3n) is 7.03. The Hall–Kier alpha value is -3.85. The molecule has 3 aliphatic rings. The summed E-state index contributed by atoms with van der Waals surface area (Å²) in [6, 6.07) is 10.9. The van der Waals surface area contributed by atoms with Crippen molar-refractivity contribution in [3.8, 4) is 5.75 Å². The molecule has 0 spiro atoms. The van der Waals surface area contributed by atoms with Crippen molar-refractivity contribution in [2.75, 3.05) is 13.1 Å². The minimum atomic E-state index is -0.611. The van der Waals surface area contributed by atoms with Gasteiger partial charge >= 0.3 is 0 Å². The molecule has 1 unspecified atom stereocenters. The fraction of sp³-hybridized carbons (Fsp3) is 0.346. The normalized spacial score (nSPS) is 22.5. The first-order valence-corrected chi connectivity index (χ1v) is 11.9. The van der Waals surface area contributed by atoms with Gasteiger partial charge in [-0.3, -0.25) is 24.6 Å². The molecule has 3 aromatic rings. The Morgan fingerprint density at radius 2 is 1.94 bits per heavy atom. The van der Waals surface area contributed by atoms with Crippen LogP contribution in [0.25, 0.3) is 11.0 Å². The molecule has 9 nitrogen and oxygen atoms in total. The summed E-state index contributed by atoms with van der Waals surface area (Å²) in [6.45, 7) is 2.89. The van der Waals surface area contributed by atoms with Gasteiger partial charge in [-0.05, 0) is 60.4 Å². The summed E-state index contributed by atoms with van der Waals surface area (Å²) in [4.78, 5) is 49.2. The van der Waals surface area contributed by atoms with Gasteiger partial charge in [-0.2, -0.15) is 0 Å². The molecule has 9 heteroatoms. The van der Waals surface area contributed by atoms with Crippen molar-refractivity contribution in [3.05, 3.63) is 65.5 Å². The molecule has 0 bridgehead atoms. The molecule has 6 rings (SSSR count). The van der Waals surface area contributed by atoms with Crippen LogP contribution >= 0.6 is 0 Å². The van der Waals surface area contributed by atoms with Crippen LogP contribution in [0.5, 0.6) is 5.75 Å². The Kier molecular flexibility index (Phi) is 5.41. The topological polar surface area (TPSA) is 105 Å². The van der Waals surface area contributed by atoms with Gasteiger partial charge in [0.25, 0.3) is 5.91 Å². The third-order valence-corrected chi connectivity index (χ3v) is 7.03. The van der Waals surface area contributed by atoms with Gasteiger partial charge in [-0.1, -0.05) is 0 Å². The maximum atomic E-state index is 12.9. The largest absolute Gasteiger partial charge is 0.489 e. The number of nitrogens with zero attached hydrogens (tertiary/aromatic N) is 4. The lowest BCUT2D eigenvalue weighted by Crippen LogP contribution is -2.52. The van der Waals surface area contributed by atoms with Crippen LogP contribution < -0.4 is 10.1 Å². The number of carbonyl (C=O) groups is 3. The number of nitrogens with one attached hydrogen (secondary N) is 1. The quantitative estimate of drug-likeness (QED) is 0.568. The first-order valence-electron chi connectivity index (χ1n) is 11.9. The highest BCUT2D eigenvalue weighted by molar-refractivity contribution is 6.05. The van der Waals surface area contributed by atoms with E-state index < -0.39 is 11.9 Å². The Bertz CT molecular complexity index is 1340. The number of hydrogen-bond acceptors (Lipinski definition) is 7. The molecule has 0 aliphatic carbocycles. The number of likely N-dealkylation sites (tertiary alicyclic amines) is 1. The number of fused-ring (bicyclic) bond motifs is 2. The van der Waals surface area contributed by atoms with Crippen molar-refractivity contribution < 1.29 is 19.1 Å². The molecule has 3 amide bonds. The van der Waals surface area contributed by atoms with E-state index in [0.29, 0.717) is 18.5 Å². The summed E-state index contributed by atoms with van der Waals surface area (Å²) in [5.41, 5.74) is 3.40. The molecule has 2 saturated heterocycles. The average Bonchev–Trinajstić information content (AvgIpc) is 3.43. The molecular formula is C26H25N5O4. The van der Waals surface area contributed by atoms with E-state index in [1.165, 1.54) is 5.56 Å². The Labute approximate surface area is 202 Å². The van der Waals surface area contributed by atoms with E-state index in [0.717, 1.165) is 48.4 Å². The smallest absolute Gasteiger partial charge is 0.255 e. The third kappa shape index (κ3) is 4.12. The second-order valence-electron chi connectivity index (χ2n) is 9.33. The maximum Gasteiger partial charge on any atom is 0.255 e. The van der Waals surface area contributed by atoms with E-state index in [4.69, 9.17) is 4.74 Å². The number of benzene rings is 1. The highest BCUT2D eigenvalue weighted by Gasteiger charge is 2.39. The van der Waals surface area contributed by atoms with Crippen LogP contribution in [0.1, 0.15) is 40.7 Å². The first-order chi connectivity index (χ1) is 17.0. The number of rotatable bonds is 5. The SMILES string of the molecule is O=C1CCC(N2Cc3cc(O[C@H]4CCN(Cc5ccnc6ncccc56)C4)ccc3C2=O)C(=O)N1. The fourth-order valence-corrected chi connectivity index (χ4v) is 5.27. The molecule has 5 heterocycles. The zero-order chi connectivity index (χ0) is 23.9. The van der Waals surface area contributed by atoms with E-state index in [9.17, 15) is 14.4 Å². The number of carbonyl (C=O) groups excluding carboxylic acids is 3. The summed E-state index contributed by atoms with van der Waals surface area (Å²) >= 11 is 0. The molecule has 178 valence electrons. The second-order valence-corrected chi connectivity index (χ2v) is 9.33. The number of amides is 3. The summed E-state index contributed by atoms with van der Waals surface area (Å²) in [6.07, 6.45) is 5.14. The number of aromatic nitrogens is 2. The Morgan fingerprint density at radius 3 is 2.83 bits per heavy atom. The van der Waals surface area contributed by atoms with Crippen LogP contribution in [0, 0.1) is 0 Å². The van der Waals surface area contributed by atoms with Gasteiger partial charge in [-0.15, -0.1) is 0 Å². The number of ether oxygens (including phenoxy) is 1. The molecular weight excluding hydrogens is 446 g/mol. The van der Waals surface area contributed by atoms with Crippen LogP contribution in [-0.4, -0.2) is 62.7 Å². The van der Waals surface area contributed by atoms with Gasteiger partial charge in [0.05, 0.1) is 0 Å². The van der Waals surface area contributed by atoms with Crippen molar-refractivity contribution >= 4 is 28.8 Å². The highest BCUT2D eigenvalue weighted by atomic mass is 16.5. The van der Waals surface area contributed by atoms with E-state index in [1.54, 1.807) is 23.4 Å². The molecule has 0 saturated carbocycles. The molecule has 1 aromatic carbocycles. The van der Waals surface area contributed by atoms with Crippen molar-refractivity contribution in [2.45, 2.75) is 44.5 Å². The minimum absolute atomic E-state index is 0.0580. The number of imide groups is 1. The van der Waals surface area contributed by atoms with Gasteiger partial charge in [0.15, 0.2) is 5.65 Å². The van der Waals surface area contributed by atoms with Gasteiger partial charge in [0.2, 0.25) is 11.8 Å². The Morgan fingerprint density at radius 1 is 1.06 bits per heavy atom. The molecule has 1 N–H and O–H groups in total. The molecule has 2 atom stereocenters. The minimum Gasteiger partial charge on any atom is -0.489 e. The molecule has 0 radical (unpaired) electrons. The average molecular weight is 472 g/mol. The predicted octanol–water partition coefficient (Wildman–Crippen LogP) is 2.04. The van der Waals surface area contributed by atoms with Gasteiger partial charge in [-0.25, -0.2) is 9.97 Å². The summed E-state index contributed by atoms with van der Waals surface area (Å²) < 4.78 is 6.29. The summed E-state index contributed by atoms with van der Waals surface area (Å²) in [5, 5.41) is 3.41. The zero-order valence-electron chi connectivity index (χ0n) is 19.1. The van der Waals surface area contributed by atoms with Gasteiger partial charge in [0.1, 0.15) is 17.9 Å². The van der Waals surface area contributed by atoms with Crippen LogP contribution in [-0.2, 0) is 22.7 Å². The second kappa shape index (κ2) is 8.74. The van der Waals surface area contributed by atoms with Crippen molar-refractivity contribution in [1.82, 2.24) is 25.1 Å². The van der Waals surface area contributed by atoms with Gasteiger partial charge < -0.3 is 9.64 Å². The van der Waals surface area contributed by atoms with E-state index in [2.05, 4.69) is 26.3 Å². The van der Waals surface area contributed by atoms with E-state index >= 15 is 0 Å². The van der Waals surface area contributed by atoms with Gasteiger partial charge in [0, 0.05) is 55.9 Å². The van der Waals surface area contributed by atoms with Crippen LogP contribution in [0.3, 0.4) is 0 Å². The highest BCUT2D eigenvalue weighted by Crippen LogP contribution is 2.31. The summed E-state index contributed by atoms with van der Waals surface area (Å²) in [7, 11) is 0. The first kappa shape index (κ1) is 21.7. The molecule has 35 heavy (non-hydrogen) atoms. The Balaban J connectivity index is 1.10. The van der Waals surface area contributed by atoms with Crippen molar-refractivity contribution in [1.29, 1.82) is 0 Å². The maximum absolute atomic E-state index is 12.9. The standard InChI is InChI=1S/C26H25N5O4/c32-23-6-5-22(25(33)29-23)31-14-17-12-18(3-4-21(17)26(31)34)35-19-8-11-30(15-19)13-16-7-10-28-24-20(16)2-1-9-27-24/h1-4,7,9-10,12,19,22H,5-6,8,11,13-15H2,(H,29,32,33)/t19-,22?/m0/s1.